The highest BCUT2D eigenvalue weighted by atomic mass is 31.2. The van der Waals surface area contributed by atoms with E-state index >= 15 is 0 Å². The molecule has 9 nitrogen and oxygen atoms in total. The first-order valence-electron chi connectivity index (χ1n) is 30.7. The molecule has 0 aliphatic heterocycles. The van der Waals surface area contributed by atoms with Gasteiger partial charge in [-0.1, -0.05) is 274 Å². The Morgan fingerprint density at radius 2 is 0.863 bits per heavy atom. The highest BCUT2D eigenvalue weighted by molar-refractivity contribution is 7.45. The molecule has 0 aliphatic rings. The maximum atomic E-state index is 13.0. The van der Waals surface area contributed by atoms with Gasteiger partial charge in [0.2, 0.25) is 5.91 Å². The zero-order chi connectivity index (χ0) is 53.6. The van der Waals surface area contributed by atoms with E-state index < -0.39 is 32.7 Å². The molecule has 0 radical (unpaired) electrons. The van der Waals surface area contributed by atoms with E-state index in [-0.39, 0.29) is 18.9 Å². The Labute approximate surface area is 452 Å². The second-order valence-corrected chi connectivity index (χ2v) is 23.6. The second-order valence-electron chi connectivity index (χ2n) is 22.2. The third-order valence-electron chi connectivity index (χ3n) is 13.9. The maximum Gasteiger partial charge on any atom is 0.268 e. The lowest BCUT2D eigenvalue weighted by Crippen LogP contribution is -2.51. The van der Waals surface area contributed by atoms with Gasteiger partial charge in [0.05, 0.1) is 39.9 Å². The zero-order valence-electron chi connectivity index (χ0n) is 48.4. The number of aliphatic hydroxyl groups excluding tert-OH is 2. The normalized spacial score (nSPS) is 14.7. The standard InChI is InChI=1S/C63H119N2O7P/c1-6-8-10-12-14-16-18-20-21-22-23-24-25-26-27-28-29-30-31-32-33-34-35-36-37-38-39-40-41-42-43-44-46-48-50-52-54-56-62(67)64-60(59-72-73(69,70)71-58-57-65(3,4)5)63(68)61(66)55-53-51-49-47-45-19-17-15-13-11-9-7-2/h8,10,14,16,20-21,23-24,26-27,60-61,63,66,68H,6-7,9,11-13,15,17-19,22,25,28-59H2,1-5H3,(H-,64,67,69,70)/b10-8-,16-14-,21-20-,24-23-,27-26-. The van der Waals surface area contributed by atoms with E-state index in [1.807, 2.05) is 21.1 Å². The number of allylic oxidation sites excluding steroid dienone is 10. The molecule has 3 N–H and O–H groups in total. The van der Waals surface area contributed by atoms with Crippen LogP contribution in [0.25, 0.3) is 0 Å². The molecule has 0 saturated carbocycles. The van der Waals surface area contributed by atoms with Crippen LogP contribution in [0.15, 0.2) is 60.8 Å². The Balaban J connectivity index is 3.99. The predicted octanol–water partition coefficient (Wildman–Crippen LogP) is 17.2. The Morgan fingerprint density at radius 3 is 1.26 bits per heavy atom. The summed E-state index contributed by atoms with van der Waals surface area (Å²) in [5, 5.41) is 24.8. The van der Waals surface area contributed by atoms with Crippen LogP contribution < -0.4 is 10.2 Å². The zero-order valence-corrected chi connectivity index (χ0v) is 49.3. The fraction of sp³-hybridized carbons (Fsp3) is 0.825. The van der Waals surface area contributed by atoms with Crippen molar-refractivity contribution >= 4 is 13.7 Å². The van der Waals surface area contributed by atoms with E-state index in [0.29, 0.717) is 17.4 Å². The number of hydrogen-bond acceptors (Lipinski definition) is 7. The van der Waals surface area contributed by atoms with Crippen LogP contribution in [-0.4, -0.2) is 79.8 Å². The van der Waals surface area contributed by atoms with Crippen LogP contribution >= 0.6 is 7.82 Å². The van der Waals surface area contributed by atoms with Crippen LogP contribution in [0.4, 0.5) is 0 Å². The number of likely N-dealkylation sites (N-methyl/N-ethyl adjacent to an activating group) is 1. The number of nitrogens with zero attached hydrogens (tertiary/aromatic N) is 1. The molecule has 1 amide bonds. The van der Waals surface area contributed by atoms with Gasteiger partial charge in [0.25, 0.3) is 7.82 Å². The lowest BCUT2D eigenvalue weighted by molar-refractivity contribution is -0.870. The van der Waals surface area contributed by atoms with E-state index in [2.05, 4.69) is 79.9 Å². The van der Waals surface area contributed by atoms with Crippen molar-refractivity contribution < 1.29 is 38.0 Å². The van der Waals surface area contributed by atoms with Gasteiger partial charge >= 0.3 is 0 Å². The van der Waals surface area contributed by atoms with E-state index in [0.717, 1.165) is 70.6 Å². The molecule has 4 unspecified atom stereocenters. The van der Waals surface area contributed by atoms with Crippen LogP contribution in [-0.2, 0) is 18.4 Å². The first-order chi connectivity index (χ1) is 35.4. The van der Waals surface area contributed by atoms with Gasteiger partial charge in [-0.3, -0.25) is 9.36 Å². The number of phosphoric ester groups is 1. The lowest BCUT2D eigenvalue weighted by atomic mass is 9.99. The van der Waals surface area contributed by atoms with Crippen LogP contribution in [0.1, 0.15) is 277 Å². The molecule has 4 atom stereocenters. The molecule has 0 aliphatic carbocycles. The fourth-order valence-corrected chi connectivity index (χ4v) is 9.77. The smallest absolute Gasteiger partial charge is 0.268 e. The highest BCUT2D eigenvalue weighted by Gasteiger charge is 2.29. The molecule has 0 fully saturated rings. The number of carbonyl (C=O) groups excluding carboxylic acids is 1. The number of phosphoric acid groups is 1. The van der Waals surface area contributed by atoms with Crippen molar-refractivity contribution in [2.45, 2.75) is 295 Å². The van der Waals surface area contributed by atoms with Crippen molar-refractivity contribution in [3.8, 4) is 0 Å². The molecule has 0 spiro atoms. The van der Waals surface area contributed by atoms with Gasteiger partial charge in [-0.25, -0.2) is 0 Å². The SMILES string of the molecule is CC/C=C\C/C=C\C/C=C\C/C=C\C/C=C\CCCCCCCCCCCCCCCCCCCCCCCC(=O)NC(COP(=O)([O-])OCC[N+](C)(C)C)C(O)C(O)CCCCCCCCCCCCCC. The number of carbonyl (C=O) groups is 1. The molecule has 0 bridgehead atoms. The van der Waals surface area contributed by atoms with Crippen molar-refractivity contribution in [3.05, 3.63) is 60.8 Å². The van der Waals surface area contributed by atoms with Crippen LogP contribution in [0.2, 0.25) is 0 Å². The van der Waals surface area contributed by atoms with Gasteiger partial charge in [0, 0.05) is 6.42 Å². The first-order valence-corrected chi connectivity index (χ1v) is 32.2. The van der Waals surface area contributed by atoms with Crippen molar-refractivity contribution in [1.29, 1.82) is 0 Å². The lowest BCUT2D eigenvalue weighted by Gasteiger charge is -2.31. The topological polar surface area (TPSA) is 128 Å². The minimum absolute atomic E-state index is 0.0400. The quantitative estimate of drug-likeness (QED) is 0.0240. The minimum Gasteiger partial charge on any atom is -0.756 e. The van der Waals surface area contributed by atoms with Crippen molar-refractivity contribution in [2.75, 3.05) is 40.9 Å². The van der Waals surface area contributed by atoms with Gasteiger partial charge in [-0.2, -0.15) is 0 Å². The number of hydrogen-bond donors (Lipinski definition) is 3. The summed E-state index contributed by atoms with van der Waals surface area (Å²) in [6.45, 7) is 4.34. The van der Waals surface area contributed by atoms with Crippen LogP contribution in [0, 0.1) is 0 Å². The molecule has 0 aromatic rings. The van der Waals surface area contributed by atoms with Gasteiger partial charge in [0.15, 0.2) is 0 Å². The van der Waals surface area contributed by atoms with Gasteiger partial charge in [-0.05, 0) is 57.8 Å². The monoisotopic (exact) mass is 1050 g/mol. The minimum atomic E-state index is -4.67. The largest absolute Gasteiger partial charge is 0.756 e. The fourth-order valence-electron chi connectivity index (χ4n) is 9.05. The van der Waals surface area contributed by atoms with Crippen molar-refractivity contribution in [1.82, 2.24) is 5.32 Å². The average Bonchev–Trinajstić information content (AvgIpc) is 3.35. The Kier molecular flexibility index (Phi) is 52.2. The summed E-state index contributed by atoms with van der Waals surface area (Å²) in [4.78, 5) is 25.5. The third-order valence-corrected chi connectivity index (χ3v) is 14.8. The van der Waals surface area contributed by atoms with Crippen LogP contribution in [0.3, 0.4) is 0 Å². The molecule has 428 valence electrons. The molecule has 0 heterocycles. The molecule has 0 aromatic heterocycles. The molecular weight excluding hydrogens is 928 g/mol. The summed E-state index contributed by atoms with van der Waals surface area (Å²) in [7, 11) is 1.13. The number of quaternary nitrogens is 1. The predicted molar refractivity (Wildman–Crippen MR) is 313 cm³/mol. The number of unbranched alkanes of at least 4 members (excludes halogenated alkanes) is 32. The van der Waals surface area contributed by atoms with Gasteiger partial charge in [-0.15, -0.1) is 0 Å². The number of amides is 1. The molecule has 0 aromatic carbocycles. The van der Waals surface area contributed by atoms with E-state index in [4.69, 9.17) is 9.05 Å². The van der Waals surface area contributed by atoms with E-state index in [1.54, 1.807) is 0 Å². The Morgan fingerprint density at radius 1 is 0.507 bits per heavy atom. The van der Waals surface area contributed by atoms with E-state index in [1.165, 1.54) is 180 Å². The maximum absolute atomic E-state index is 13.0. The van der Waals surface area contributed by atoms with Gasteiger partial charge in [0.1, 0.15) is 19.3 Å². The number of nitrogens with one attached hydrogen (secondary N) is 1. The third kappa shape index (κ3) is 54.7. The Hall–Kier alpha value is -1.84. The summed E-state index contributed by atoms with van der Waals surface area (Å²) in [5.41, 5.74) is 0. The molecule has 10 heteroatoms. The van der Waals surface area contributed by atoms with Crippen molar-refractivity contribution in [2.24, 2.45) is 0 Å². The van der Waals surface area contributed by atoms with Crippen LogP contribution in [0.5, 0.6) is 0 Å². The van der Waals surface area contributed by atoms with Crippen molar-refractivity contribution in [3.63, 3.8) is 0 Å². The number of aliphatic hydroxyl groups is 2. The summed E-state index contributed by atoms with van der Waals surface area (Å²) >= 11 is 0. The first kappa shape index (κ1) is 71.2. The summed E-state index contributed by atoms with van der Waals surface area (Å²) in [6, 6.07) is -1.07. The molecule has 0 rings (SSSR count). The number of rotatable bonds is 56. The molecule has 73 heavy (non-hydrogen) atoms. The highest BCUT2D eigenvalue weighted by Crippen LogP contribution is 2.38. The summed E-state index contributed by atoms with van der Waals surface area (Å²) in [5.74, 6) is -0.276. The average molecular weight is 1050 g/mol. The summed E-state index contributed by atoms with van der Waals surface area (Å²) in [6.07, 6.45) is 68.7. The molecule has 0 saturated heterocycles. The van der Waals surface area contributed by atoms with Gasteiger partial charge < -0.3 is 34.0 Å². The molecular formula is C63H119N2O7P. The summed E-state index contributed by atoms with van der Waals surface area (Å²) < 4.78 is 23.3. The van der Waals surface area contributed by atoms with E-state index in [9.17, 15) is 24.5 Å². The Bertz CT molecular complexity index is 1390. The second kappa shape index (κ2) is 53.6.